The van der Waals surface area contributed by atoms with E-state index in [1.165, 1.54) is 18.5 Å². The number of rotatable bonds is 5. The van der Waals surface area contributed by atoms with Crippen molar-refractivity contribution in [1.29, 1.82) is 0 Å². The van der Waals surface area contributed by atoms with Gasteiger partial charge in [-0.3, -0.25) is 4.79 Å². The van der Waals surface area contributed by atoms with Crippen molar-refractivity contribution in [3.8, 4) is 0 Å². The van der Waals surface area contributed by atoms with E-state index in [1.807, 2.05) is 6.92 Å². The minimum Gasteiger partial charge on any atom is -0.382 e. The van der Waals surface area contributed by atoms with Crippen molar-refractivity contribution >= 4 is 45.9 Å². The predicted molar refractivity (Wildman–Crippen MR) is 143 cm³/mol. The van der Waals surface area contributed by atoms with Crippen molar-refractivity contribution in [2.75, 3.05) is 54.5 Å². The largest absolute Gasteiger partial charge is 0.416 e. The lowest BCUT2D eigenvalue weighted by Gasteiger charge is -2.32. The Morgan fingerprint density at radius 3 is 2.51 bits per heavy atom. The SMILES string of the molecule is Cc1ccc(NC(=O)c2cccc(C(F)(F)F)c2)cc1Nc1ncnc2c(N)nc(N3CCN(C)CC3)nc12. The summed E-state index contributed by atoms with van der Waals surface area (Å²) in [5, 5.41) is 5.90. The second-order valence-corrected chi connectivity index (χ2v) is 9.31. The molecule has 0 saturated carbocycles. The third-order valence-electron chi connectivity index (χ3n) is 6.48. The number of carbonyl (C=O) groups is 1. The minimum absolute atomic E-state index is 0.106. The maximum absolute atomic E-state index is 13.1. The van der Waals surface area contributed by atoms with Gasteiger partial charge in [-0.2, -0.15) is 18.2 Å². The zero-order valence-corrected chi connectivity index (χ0v) is 21.3. The Labute approximate surface area is 222 Å². The number of carbonyl (C=O) groups excluding carboxylic acids is 1. The van der Waals surface area contributed by atoms with Crippen LogP contribution in [0.15, 0.2) is 48.8 Å². The molecular formula is C26H26F3N9O. The van der Waals surface area contributed by atoms with Crippen LogP contribution in [0.2, 0.25) is 0 Å². The molecular weight excluding hydrogens is 511 g/mol. The number of amides is 1. The van der Waals surface area contributed by atoms with Crippen LogP contribution in [0.5, 0.6) is 0 Å². The molecule has 1 saturated heterocycles. The van der Waals surface area contributed by atoms with Gasteiger partial charge in [-0.25, -0.2) is 15.0 Å². The number of halogens is 3. The first-order valence-corrected chi connectivity index (χ1v) is 12.2. The third-order valence-corrected chi connectivity index (χ3v) is 6.48. The van der Waals surface area contributed by atoms with Crippen LogP contribution in [-0.2, 0) is 6.18 Å². The summed E-state index contributed by atoms with van der Waals surface area (Å²) in [6.45, 7) is 5.12. The Bertz CT molecular complexity index is 1540. The van der Waals surface area contributed by atoms with Gasteiger partial charge in [-0.1, -0.05) is 12.1 Å². The molecule has 10 nitrogen and oxygen atoms in total. The van der Waals surface area contributed by atoms with E-state index >= 15 is 0 Å². The lowest BCUT2D eigenvalue weighted by molar-refractivity contribution is -0.137. The molecule has 3 heterocycles. The first-order chi connectivity index (χ1) is 18.6. The molecule has 39 heavy (non-hydrogen) atoms. The summed E-state index contributed by atoms with van der Waals surface area (Å²) in [6.07, 6.45) is -3.19. The fourth-order valence-electron chi connectivity index (χ4n) is 4.20. The van der Waals surface area contributed by atoms with E-state index in [0.29, 0.717) is 34.2 Å². The Morgan fingerprint density at radius 2 is 1.77 bits per heavy atom. The molecule has 0 bridgehead atoms. The molecule has 13 heteroatoms. The number of nitrogens with zero attached hydrogens (tertiary/aromatic N) is 6. The number of alkyl halides is 3. The maximum Gasteiger partial charge on any atom is 0.416 e. The molecule has 5 rings (SSSR count). The second-order valence-electron chi connectivity index (χ2n) is 9.31. The number of aryl methyl sites for hydroxylation is 1. The van der Waals surface area contributed by atoms with E-state index in [9.17, 15) is 18.0 Å². The van der Waals surface area contributed by atoms with Gasteiger partial charge in [0.05, 0.1) is 5.56 Å². The van der Waals surface area contributed by atoms with Crippen molar-refractivity contribution in [3.05, 3.63) is 65.5 Å². The number of anilines is 5. The summed E-state index contributed by atoms with van der Waals surface area (Å²) in [6, 6.07) is 9.36. The quantitative estimate of drug-likeness (QED) is 0.345. The number of aromatic nitrogens is 4. The fraction of sp³-hybridized carbons (Fsp3) is 0.269. The highest BCUT2D eigenvalue weighted by Crippen LogP contribution is 2.31. The number of piperazine rings is 1. The lowest BCUT2D eigenvalue weighted by atomic mass is 10.1. The van der Waals surface area contributed by atoms with E-state index in [0.717, 1.165) is 43.9 Å². The highest BCUT2D eigenvalue weighted by atomic mass is 19.4. The summed E-state index contributed by atoms with van der Waals surface area (Å²) in [5.41, 5.74) is 7.90. The van der Waals surface area contributed by atoms with Gasteiger partial charge < -0.3 is 26.2 Å². The molecule has 0 atom stereocenters. The van der Waals surface area contributed by atoms with Gasteiger partial charge in [0.2, 0.25) is 5.95 Å². The highest BCUT2D eigenvalue weighted by molar-refractivity contribution is 6.04. The Balaban J connectivity index is 1.42. The number of hydrogen-bond acceptors (Lipinski definition) is 9. The van der Waals surface area contributed by atoms with E-state index in [1.54, 1.807) is 18.2 Å². The molecule has 1 aliphatic rings. The lowest BCUT2D eigenvalue weighted by Crippen LogP contribution is -2.45. The summed E-state index contributed by atoms with van der Waals surface area (Å²) < 4.78 is 39.2. The normalized spacial score (nSPS) is 14.4. The van der Waals surface area contributed by atoms with Gasteiger partial charge in [0, 0.05) is 43.1 Å². The number of nitrogens with one attached hydrogen (secondary N) is 2. The summed E-state index contributed by atoms with van der Waals surface area (Å²) in [4.78, 5) is 34.8. The number of fused-ring (bicyclic) bond motifs is 1. The average Bonchev–Trinajstić information content (AvgIpc) is 2.91. The standard InChI is InChI=1S/C26H26F3N9O/c1-15-6-7-18(33-24(39)16-4-3-5-17(12-16)26(27,28)29)13-19(15)34-23-21-20(31-14-32-23)22(30)36-25(35-21)38-10-8-37(2)9-11-38/h3-7,12-14H,8-11H2,1-2H3,(H,33,39)(H2,30,35,36)(H,31,32,34). The summed E-state index contributed by atoms with van der Waals surface area (Å²) in [5.74, 6) is 0.456. The average molecular weight is 538 g/mol. The van der Waals surface area contributed by atoms with Crippen LogP contribution in [0, 0.1) is 6.92 Å². The molecule has 0 aliphatic carbocycles. The van der Waals surface area contributed by atoms with E-state index in [-0.39, 0.29) is 11.4 Å². The molecule has 202 valence electrons. The van der Waals surface area contributed by atoms with Crippen molar-refractivity contribution in [2.45, 2.75) is 13.1 Å². The monoisotopic (exact) mass is 537 g/mol. The zero-order chi connectivity index (χ0) is 27.7. The van der Waals surface area contributed by atoms with Gasteiger partial charge in [0.1, 0.15) is 17.4 Å². The molecule has 0 spiro atoms. The van der Waals surface area contributed by atoms with Crippen LogP contribution in [0.3, 0.4) is 0 Å². The molecule has 2 aromatic heterocycles. The number of likely N-dealkylation sites (N-methyl/N-ethyl adjacent to an activating group) is 1. The number of nitrogens with two attached hydrogens (primary N) is 1. The molecule has 4 aromatic rings. The van der Waals surface area contributed by atoms with Crippen LogP contribution in [0.25, 0.3) is 11.0 Å². The molecule has 1 amide bonds. The first kappa shape index (κ1) is 26.1. The van der Waals surface area contributed by atoms with Crippen molar-refractivity contribution < 1.29 is 18.0 Å². The van der Waals surface area contributed by atoms with Gasteiger partial charge in [0.25, 0.3) is 5.91 Å². The highest BCUT2D eigenvalue weighted by Gasteiger charge is 2.31. The van der Waals surface area contributed by atoms with Gasteiger partial charge in [-0.05, 0) is 49.9 Å². The van der Waals surface area contributed by atoms with Crippen LogP contribution in [0.4, 0.5) is 42.1 Å². The van der Waals surface area contributed by atoms with Crippen LogP contribution in [-0.4, -0.2) is 64.0 Å². The zero-order valence-electron chi connectivity index (χ0n) is 21.3. The van der Waals surface area contributed by atoms with Crippen molar-refractivity contribution in [1.82, 2.24) is 24.8 Å². The van der Waals surface area contributed by atoms with Crippen LogP contribution in [0.1, 0.15) is 21.5 Å². The minimum atomic E-state index is -4.55. The van der Waals surface area contributed by atoms with Gasteiger partial charge in [-0.15, -0.1) is 0 Å². The fourth-order valence-corrected chi connectivity index (χ4v) is 4.20. The smallest absolute Gasteiger partial charge is 0.382 e. The van der Waals surface area contributed by atoms with Crippen molar-refractivity contribution in [2.24, 2.45) is 0 Å². The predicted octanol–water partition coefficient (Wildman–Crippen LogP) is 4.08. The van der Waals surface area contributed by atoms with Crippen LogP contribution < -0.4 is 21.3 Å². The number of benzene rings is 2. The second kappa shape index (κ2) is 10.3. The molecule has 2 aromatic carbocycles. The Morgan fingerprint density at radius 1 is 1.00 bits per heavy atom. The van der Waals surface area contributed by atoms with Gasteiger partial charge >= 0.3 is 6.18 Å². The molecule has 4 N–H and O–H groups in total. The number of hydrogen-bond donors (Lipinski definition) is 3. The maximum atomic E-state index is 13.1. The van der Waals surface area contributed by atoms with Crippen LogP contribution >= 0.6 is 0 Å². The molecule has 0 radical (unpaired) electrons. The Hall–Kier alpha value is -4.52. The van der Waals surface area contributed by atoms with E-state index in [2.05, 4.69) is 42.4 Å². The topological polar surface area (TPSA) is 125 Å². The first-order valence-electron chi connectivity index (χ1n) is 12.2. The summed E-state index contributed by atoms with van der Waals surface area (Å²) >= 11 is 0. The number of nitrogen functional groups attached to an aromatic ring is 1. The van der Waals surface area contributed by atoms with Gasteiger partial charge in [0.15, 0.2) is 11.6 Å². The van der Waals surface area contributed by atoms with Crippen molar-refractivity contribution in [3.63, 3.8) is 0 Å². The van der Waals surface area contributed by atoms with E-state index < -0.39 is 17.6 Å². The molecule has 1 aliphatic heterocycles. The van der Waals surface area contributed by atoms with E-state index in [4.69, 9.17) is 10.7 Å². The molecule has 0 unspecified atom stereocenters. The molecule has 1 fully saturated rings. The third kappa shape index (κ3) is 5.67. The summed E-state index contributed by atoms with van der Waals surface area (Å²) in [7, 11) is 2.06. The Kier molecular flexibility index (Phi) is 6.91.